The van der Waals surface area contributed by atoms with Crippen molar-refractivity contribution in [2.24, 2.45) is 11.8 Å². The predicted molar refractivity (Wildman–Crippen MR) is 93.5 cm³/mol. The number of rotatable bonds is 4. The minimum Gasteiger partial charge on any atom is -0.312 e. The van der Waals surface area contributed by atoms with Crippen LogP contribution in [0.4, 0.5) is 0 Å². The van der Waals surface area contributed by atoms with Crippen molar-refractivity contribution in [3.8, 4) is 0 Å². The highest BCUT2D eigenvalue weighted by atomic mass is 79.9. The Balaban J connectivity index is 1.99. The summed E-state index contributed by atoms with van der Waals surface area (Å²) >= 11 is 5.61. The molecule has 1 aliphatic carbocycles. The fourth-order valence-corrected chi connectivity index (χ4v) is 4.75. The third kappa shape index (κ3) is 5.16. The normalized spacial score (nSPS) is 24.6. The van der Waals surface area contributed by atoms with Crippen LogP contribution < -0.4 is 5.32 Å². The van der Waals surface area contributed by atoms with Crippen molar-refractivity contribution in [2.45, 2.75) is 64.8 Å². The Morgan fingerprint density at radius 3 is 2.50 bits per heavy atom. The predicted octanol–water partition coefficient (Wildman–Crippen LogP) is 5.64. The number of nitrogens with one attached hydrogen (secondary N) is 1. The smallest absolute Gasteiger partial charge is 0.0314 e. The van der Waals surface area contributed by atoms with Crippen molar-refractivity contribution >= 4 is 27.3 Å². The molecule has 0 bridgehead atoms. The average Bonchev–Trinajstić information content (AvgIpc) is 2.63. The Kier molecular flexibility index (Phi) is 6.12. The van der Waals surface area contributed by atoms with Gasteiger partial charge in [-0.3, -0.25) is 0 Å². The van der Waals surface area contributed by atoms with E-state index in [4.69, 9.17) is 0 Å². The molecule has 0 spiro atoms. The van der Waals surface area contributed by atoms with E-state index in [0.29, 0.717) is 0 Å². The van der Waals surface area contributed by atoms with Gasteiger partial charge in [-0.25, -0.2) is 0 Å². The van der Waals surface area contributed by atoms with Gasteiger partial charge in [0.1, 0.15) is 0 Å². The van der Waals surface area contributed by atoms with Crippen LogP contribution in [0.3, 0.4) is 0 Å². The minimum absolute atomic E-state index is 0.236. The van der Waals surface area contributed by atoms with Gasteiger partial charge in [-0.2, -0.15) is 0 Å². The zero-order valence-corrected chi connectivity index (χ0v) is 15.4. The summed E-state index contributed by atoms with van der Waals surface area (Å²) in [7, 11) is 0. The van der Waals surface area contributed by atoms with Crippen LogP contribution in [0.25, 0.3) is 0 Å². The van der Waals surface area contributed by atoms with Crippen LogP contribution in [0.5, 0.6) is 0 Å². The van der Waals surface area contributed by atoms with Crippen LogP contribution in [0.15, 0.2) is 15.9 Å². The van der Waals surface area contributed by atoms with Crippen LogP contribution in [0, 0.1) is 11.8 Å². The van der Waals surface area contributed by atoms with E-state index in [9.17, 15) is 0 Å². The van der Waals surface area contributed by atoms with Crippen LogP contribution in [-0.2, 0) is 6.42 Å². The second-order valence-electron chi connectivity index (χ2n) is 7.18. The molecule has 0 aliphatic heterocycles. The Bertz CT molecular complexity index is 407. The maximum absolute atomic E-state index is 3.74. The van der Waals surface area contributed by atoms with E-state index in [-0.39, 0.29) is 5.54 Å². The van der Waals surface area contributed by atoms with Crippen LogP contribution in [0.2, 0.25) is 0 Å². The highest BCUT2D eigenvalue weighted by molar-refractivity contribution is 9.10. The Morgan fingerprint density at radius 1 is 1.20 bits per heavy atom. The van der Waals surface area contributed by atoms with Crippen LogP contribution in [-0.4, -0.2) is 12.1 Å². The van der Waals surface area contributed by atoms with Gasteiger partial charge in [0.2, 0.25) is 0 Å². The zero-order valence-electron chi connectivity index (χ0n) is 13.0. The summed E-state index contributed by atoms with van der Waals surface area (Å²) in [5, 5.41) is 5.94. The van der Waals surface area contributed by atoms with E-state index in [1.54, 1.807) is 0 Å². The summed E-state index contributed by atoms with van der Waals surface area (Å²) in [5.41, 5.74) is 0.236. The molecule has 0 saturated heterocycles. The van der Waals surface area contributed by atoms with Gasteiger partial charge in [-0.15, -0.1) is 11.3 Å². The largest absolute Gasteiger partial charge is 0.312 e. The minimum atomic E-state index is 0.236. The fourth-order valence-electron chi connectivity index (χ4n) is 3.14. The molecule has 1 aromatic heterocycles. The third-order valence-corrected chi connectivity index (χ3v) is 6.30. The van der Waals surface area contributed by atoms with E-state index >= 15 is 0 Å². The summed E-state index contributed by atoms with van der Waals surface area (Å²) in [6.45, 7) is 7.99. The lowest BCUT2D eigenvalue weighted by Gasteiger charge is -2.29. The second-order valence-corrected chi connectivity index (χ2v) is 9.04. The van der Waals surface area contributed by atoms with Gasteiger partial charge in [0, 0.05) is 14.9 Å². The number of hydrogen-bond donors (Lipinski definition) is 1. The van der Waals surface area contributed by atoms with Crippen molar-refractivity contribution in [1.29, 1.82) is 0 Å². The molecule has 1 fully saturated rings. The Hall–Kier alpha value is 0.140. The first kappa shape index (κ1) is 16.5. The first-order chi connectivity index (χ1) is 9.46. The molecule has 2 rings (SSSR count). The van der Waals surface area contributed by atoms with Crippen molar-refractivity contribution in [3.05, 3.63) is 20.8 Å². The average molecular weight is 358 g/mol. The molecule has 1 aromatic rings. The lowest BCUT2D eigenvalue weighted by Crippen LogP contribution is -2.40. The topological polar surface area (TPSA) is 12.0 Å². The molecular formula is C17H28BrNS. The maximum atomic E-state index is 3.74. The summed E-state index contributed by atoms with van der Waals surface area (Å²) in [6.07, 6.45) is 8.32. The van der Waals surface area contributed by atoms with E-state index in [2.05, 4.69) is 53.5 Å². The van der Waals surface area contributed by atoms with Crippen molar-refractivity contribution in [1.82, 2.24) is 5.32 Å². The van der Waals surface area contributed by atoms with Crippen molar-refractivity contribution in [2.75, 3.05) is 6.54 Å². The second kappa shape index (κ2) is 7.42. The van der Waals surface area contributed by atoms with Gasteiger partial charge >= 0.3 is 0 Å². The molecule has 20 heavy (non-hydrogen) atoms. The zero-order chi connectivity index (χ0) is 14.6. The molecule has 1 N–H and O–H groups in total. The Morgan fingerprint density at radius 2 is 1.90 bits per heavy atom. The molecule has 2 atom stereocenters. The number of hydrogen-bond acceptors (Lipinski definition) is 2. The highest BCUT2D eigenvalue weighted by Crippen LogP contribution is 2.34. The highest BCUT2D eigenvalue weighted by Gasteiger charge is 2.26. The van der Waals surface area contributed by atoms with E-state index in [1.165, 1.54) is 54.4 Å². The molecule has 3 heteroatoms. The van der Waals surface area contributed by atoms with E-state index < -0.39 is 0 Å². The molecule has 0 aromatic carbocycles. The monoisotopic (exact) mass is 357 g/mol. The van der Waals surface area contributed by atoms with Crippen molar-refractivity contribution in [3.63, 3.8) is 0 Å². The lowest BCUT2D eigenvalue weighted by atomic mass is 9.84. The molecule has 2 unspecified atom stereocenters. The standard InChI is InChI=1S/C17H28BrNS/c1-17(2,3)19-12-14-8-6-4-5-7-13(14)11-16-15(18)9-10-20-16/h9-10,13-14,19H,4-8,11-12H2,1-3H3. The molecule has 114 valence electrons. The Labute approximate surface area is 136 Å². The molecule has 1 aliphatic rings. The van der Waals surface area contributed by atoms with Gasteiger partial charge in [0.25, 0.3) is 0 Å². The lowest BCUT2D eigenvalue weighted by molar-refractivity contribution is 0.270. The number of thiophene rings is 1. The van der Waals surface area contributed by atoms with Crippen LogP contribution >= 0.6 is 27.3 Å². The summed E-state index contributed by atoms with van der Waals surface area (Å²) < 4.78 is 1.31. The van der Waals surface area contributed by atoms with E-state index in [0.717, 1.165) is 11.8 Å². The van der Waals surface area contributed by atoms with Gasteiger partial charge in [-0.05, 0) is 85.8 Å². The van der Waals surface area contributed by atoms with Gasteiger partial charge < -0.3 is 5.32 Å². The molecular weight excluding hydrogens is 330 g/mol. The molecule has 1 heterocycles. The van der Waals surface area contributed by atoms with Crippen molar-refractivity contribution < 1.29 is 0 Å². The fraction of sp³-hybridized carbons (Fsp3) is 0.765. The SMILES string of the molecule is CC(C)(C)NCC1CCCCCC1Cc1sccc1Br. The molecule has 1 nitrogen and oxygen atoms in total. The van der Waals surface area contributed by atoms with Gasteiger partial charge in [0.05, 0.1) is 0 Å². The van der Waals surface area contributed by atoms with Gasteiger partial charge in [0.15, 0.2) is 0 Å². The number of halogens is 1. The summed E-state index contributed by atoms with van der Waals surface area (Å²) in [6, 6.07) is 2.19. The maximum Gasteiger partial charge on any atom is 0.0314 e. The summed E-state index contributed by atoms with van der Waals surface area (Å²) in [5.74, 6) is 1.69. The van der Waals surface area contributed by atoms with E-state index in [1.807, 2.05) is 11.3 Å². The molecule has 0 radical (unpaired) electrons. The third-order valence-electron chi connectivity index (χ3n) is 4.35. The molecule has 0 amide bonds. The first-order valence-corrected chi connectivity index (χ1v) is 9.60. The van der Waals surface area contributed by atoms with Crippen LogP contribution in [0.1, 0.15) is 57.8 Å². The van der Waals surface area contributed by atoms with Gasteiger partial charge in [-0.1, -0.05) is 19.3 Å². The first-order valence-electron chi connectivity index (χ1n) is 7.92. The quantitative estimate of drug-likeness (QED) is 0.687. The summed E-state index contributed by atoms with van der Waals surface area (Å²) in [4.78, 5) is 1.54. The molecule has 1 saturated carbocycles.